The molecule has 0 aromatic heterocycles. The van der Waals surface area contributed by atoms with Crippen LogP contribution in [0, 0.1) is 5.92 Å². The second-order valence-electron chi connectivity index (χ2n) is 7.41. The first-order chi connectivity index (χ1) is 10.9. The Balaban J connectivity index is 1.74. The van der Waals surface area contributed by atoms with Gasteiger partial charge in [0.1, 0.15) is 5.60 Å². The maximum absolute atomic E-state index is 11.6. The lowest BCUT2D eigenvalue weighted by atomic mass is 10.1. The molecular weight excluding hydrogens is 288 g/mol. The standard InChI is InChI=1S/C19H30N2O2/c1-5-17(16-10-11-16)20-12-14-6-8-15(9-7-14)13-21-18(22)23-19(2,3)4/h6-9,16-17,20H,5,10-13H2,1-4H3,(H,21,22). The molecule has 1 atom stereocenters. The van der Waals surface area contributed by atoms with Gasteiger partial charge < -0.3 is 15.4 Å². The van der Waals surface area contributed by atoms with Gasteiger partial charge in [0.25, 0.3) is 0 Å². The van der Waals surface area contributed by atoms with Crippen LogP contribution in [0.15, 0.2) is 24.3 Å². The molecule has 0 radical (unpaired) electrons. The van der Waals surface area contributed by atoms with Crippen LogP contribution in [-0.2, 0) is 17.8 Å². The van der Waals surface area contributed by atoms with E-state index >= 15 is 0 Å². The van der Waals surface area contributed by atoms with Crippen molar-refractivity contribution >= 4 is 6.09 Å². The van der Waals surface area contributed by atoms with Crippen LogP contribution in [-0.4, -0.2) is 17.7 Å². The van der Waals surface area contributed by atoms with Gasteiger partial charge in [0.05, 0.1) is 0 Å². The summed E-state index contributed by atoms with van der Waals surface area (Å²) in [5.41, 5.74) is 1.90. The smallest absolute Gasteiger partial charge is 0.407 e. The number of nitrogens with one attached hydrogen (secondary N) is 2. The molecular formula is C19H30N2O2. The summed E-state index contributed by atoms with van der Waals surface area (Å²) in [6.07, 6.45) is 3.57. The molecule has 0 aliphatic heterocycles. The number of amides is 1. The van der Waals surface area contributed by atoms with Gasteiger partial charge in [-0.2, -0.15) is 0 Å². The Bertz CT molecular complexity index is 501. The van der Waals surface area contributed by atoms with Crippen molar-refractivity contribution in [2.45, 2.75) is 71.7 Å². The van der Waals surface area contributed by atoms with Gasteiger partial charge in [-0.3, -0.25) is 0 Å². The third-order valence-corrected chi connectivity index (χ3v) is 4.06. The fourth-order valence-electron chi connectivity index (χ4n) is 2.66. The number of rotatable bonds is 7. The first-order valence-corrected chi connectivity index (χ1v) is 8.65. The van der Waals surface area contributed by atoms with E-state index in [4.69, 9.17) is 4.74 Å². The summed E-state index contributed by atoms with van der Waals surface area (Å²) in [5, 5.41) is 6.43. The van der Waals surface area contributed by atoms with Crippen molar-refractivity contribution in [1.82, 2.24) is 10.6 Å². The van der Waals surface area contributed by atoms with Crippen molar-refractivity contribution < 1.29 is 9.53 Å². The molecule has 1 saturated carbocycles. The average molecular weight is 318 g/mol. The van der Waals surface area contributed by atoms with Gasteiger partial charge in [-0.05, 0) is 57.1 Å². The Hall–Kier alpha value is -1.55. The molecule has 2 rings (SSSR count). The van der Waals surface area contributed by atoms with Gasteiger partial charge in [0.2, 0.25) is 0 Å². The normalized spacial score (nSPS) is 16.0. The molecule has 0 spiro atoms. The van der Waals surface area contributed by atoms with E-state index < -0.39 is 5.60 Å². The monoisotopic (exact) mass is 318 g/mol. The molecule has 1 fully saturated rings. The molecule has 1 aromatic rings. The Kier molecular flexibility index (Phi) is 6.05. The third kappa shape index (κ3) is 6.61. The Morgan fingerprint density at radius 1 is 1.17 bits per heavy atom. The molecule has 128 valence electrons. The highest BCUT2D eigenvalue weighted by Gasteiger charge is 2.29. The Morgan fingerprint density at radius 2 is 1.74 bits per heavy atom. The molecule has 1 aliphatic carbocycles. The molecule has 1 amide bonds. The van der Waals surface area contributed by atoms with E-state index in [0.717, 1.165) is 18.0 Å². The van der Waals surface area contributed by atoms with E-state index in [9.17, 15) is 4.79 Å². The van der Waals surface area contributed by atoms with Crippen molar-refractivity contribution in [1.29, 1.82) is 0 Å². The van der Waals surface area contributed by atoms with Crippen molar-refractivity contribution in [3.8, 4) is 0 Å². The van der Waals surface area contributed by atoms with Crippen molar-refractivity contribution in [2.24, 2.45) is 5.92 Å². The Morgan fingerprint density at radius 3 is 2.22 bits per heavy atom. The maximum Gasteiger partial charge on any atom is 0.407 e. The van der Waals surface area contributed by atoms with E-state index in [0.29, 0.717) is 12.6 Å². The molecule has 0 heterocycles. The summed E-state index contributed by atoms with van der Waals surface area (Å²) in [4.78, 5) is 11.6. The summed E-state index contributed by atoms with van der Waals surface area (Å²) in [6.45, 7) is 9.23. The quantitative estimate of drug-likeness (QED) is 0.799. The first kappa shape index (κ1) is 17.8. The predicted octanol–water partition coefficient (Wildman–Crippen LogP) is 3.99. The molecule has 4 heteroatoms. The highest BCUT2D eigenvalue weighted by Crippen LogP contribution is 2.33. The number of hydrogen-bond donors (Lipinski definition) is 2. The van der Waals surface area contributed by atoms with Gasteiger partial charge >= 0.3 is 6.09 Å². The van der Waals surface area contributed by atoms with Crippen molar-refractivity contribution in [3.63, 3.8) is 0 Å². The van der Waals surface area contributed by atoms with Crippen LogP contribution < -0.4 is 10.6 Å². The highest BCUT2D eigenvalue weighted by atomic mass is 16.6. The zero-order chi connectivity index (χ0) is 16.9. The maximum atomic E-state index is 11.6. The van der Waals surface area contributed by atoms with E-state index in [1.165, 1.54) is 24.8 Å². The summed E-state index contributed by atoms with van der Waals surface area (Å²) in [5.74, 6) is 0.886. The number of benzene rings is 1. The fourth-order valence-corrected chi connectivity index (χ4v) is 2.66. The van der Waals surface area contributed by atoms with E-state index in [1.54, 1.807) is 0 Å². The third-order valence-electron chi connectivity index (χ3n) is 4.06. The second kappa shape index (κ2) is 7.82. The van der Waals surface area contributed by atoms with E-state index in [1.807, 2.05) is 20.8 Å². The van der Waals surface area contributed by atoms with Crippen LogP contribution in [0.2, 0.25) is 0 Å². The molecule has 0 bridgehead atoms. The largest absolute Gasteiger partial charge is 0.444 e. The van der Waals surface area contributed by atoms with Crippen LogP contribution in [0.3, 0.4) is 0 Å². The molecule has 1 unspecified atom stereocenters. The number of hydrogen-bond acceptors (Lipinski definition) is 3. The predicted molar refractivity (Wildman–Crippen MR) is 93.2 cm³/mol. The minimum Gasteiger partial charge on any atom is -0.444 e. The second-order valence-corrected chi connectivity index (χ2v) is 7.41. The zero-order valence-corrected chi connectivity index (χ0v) is 14.8. The van der Waals surface area contributed by atoms with Crippen LogP contribution in [0.5, 0.6) is 0 Å². The van der Waals surface area contributed by atoms with Gasteiger partial charge in [-0.1, -0.05) is 31.2 Å². The van der Waals surface area contributed by atoms with Gasteiger partial charge in [-0.25, -0.2) is 4.79 Å². The van der Waals surface area contributed by atoms with Crippen LogP contribution >= 0.6 is 0 Å². The van der Waals surface area contributed by atoms with E-state index in [2.05, 4.69) is 41.8 Å². The summed E-state index contributed by atoms with van der Waals surface area (Å²) in [6, 6.07) is 9.03. The summed E-state index contributed by atoms with van der Waals surface area (Å²) >= 11 is 0. The molecule has 1 aromatic carbocycles. The molecule has 1 aliphatic rings. The number of alkyl carbamates (subject to hydrolysis) is 1. The number of carbonyl (C=O) groups excluding carboxylic acids is 1. The Labute approximate surface area is 140 Å². The lowest BCUT2D eigenvalue weighted by Gasteiger charge is -2.19. The topological polar surface area (TPSA) is 50.4 Å². The highest BCUT2D eigenvalue weighted by molar-refractivity contribution is 5.67. The number of ether oxygens (including phenoxy) is 1. The zero-order valence-electron chi connectivity index (χ0n) is 14.8. The summed E-state index contributed by atoms with van der Waals surface area (Å²) < 4.78 is 5.23. The summed E-state index contributed by atoms with van der Waals surface area (Å²) in [7, 11) is 0. The number of carbonyl (C=O) groups is 1. The lowest BCUT2D eigenvalue weighted by molar-refractivity contribution is 0.0523. The molecule has 2 N–H and O–H groups in total. The van der Waals surface area contributed by atoms with Crippen LogP contribution in [0.1, 0.15) is 58.1 Å². The van der Waals surface area contributed by atoms with E-state index in [-0.39, 0.29) is 6.09 Å². The van der Waals surface area contributed by atoms with Crippen LogP contribution in [0.25, 0.3) is 0 Å². The van der Waals surface area contributed by atoms with Crippen molar-refractivity contribution in [2.75, 3.05) is 0 Å². The van der Waals surface area contributed by atoms with Crippen LogP contribution in [0.4, 0.5) is 4.79 Å². The SMILES string of the molecule is CCC(NCc1ccc(CNC(=O)OC(C)(C)C)cc1)C1CC1. The fraction of sp³-hybridized carbons (Fsp3) is 0.632. The molecule has 0 saturated heterocycles. The molecule has 23 heavy (non-hydrogen) atoms. The van der Waals surface area contributed by atoms with Crippen molar-refractivity contribution in [3.05, 3.63) is 35.4 Å². The van der Waals surface area contributed by atoms with Gasteiger partial charge in [0, 0.05) is 19.1 Å². The average Bonchev–Trinajstić information content (AvgIpc) is 3.30. The minimum absolute atomic E-state index is 0.376. The van der Waals surface area contributed by atoms with Gasteiger partial charge in [0.15, 0.2) is 0 Å². The minimum atomic E-state index is -0.461. The first-order valence-electron chi connectivity index (χ1n) is 8.65. The van der Waals surface area contributed by atoms with Gasteiger partial charge in [-0.15, -0.1) is 0 Å². The molecule has 4 nitrogen and oxygen atoms in total. The lowest BCUT2D eigenvalue weighted by Crippen LogP contribution is -2.32.